The molecule has 1 aromatic carbocycles. The highest BCUT2D eigenvalue weighted by Gasteiger charge is 2.11. The minimum absolute atomic E-state index is 0.0394. The Morgan fingerprint density at radius 1 is 1.36 bits per heavy atom. The zero-order valence-electron chi connectivity index (χ0n) is 8.46. The lowest BCUT2D eigenvalue weighted by molar-refractivity contribution is 0.0773. The van der Waals surface area contributed by atoms with Crippen molar-refractivity contribution in [3.63, 3.8) is 0 Å². The van der Waals surface area contributed by atoms with Gasteiger partial charge in [0.05, 0.1) is 0 Å². The second kappa shape index (κ2) is 5.01. The standard InChI is InChI=1S/C11H14ClNO/c1-3-13(4-2)11(14)9-6-5-7-10(12)8-9/h5-8H,3-4H2,1-2H3. The lowest BCUT2D eigenvalue weighted by atomic mass is 10.2. The van der Waals surface area contributed by atoms with Crippen molar-refractivity contribution in [3.8, 4) is 0 Å². The molecule has 0 aliphatic rings. The third-order valence-corrected chi connectivity index (χ3v) is 2.36. The van der Waals surface area contributed by atoms with Gasteiger partial charge in [-0.15, -0.1) is 0 Å². The minimum atomic E-state index is 0.0394. The molecule has 0 aromatic heterocycles. The molecule has 0 saturated heterocycles. The Kier molecular flexibility index (Phi) is 3.96. The summed E-state index contributed by atoms with van der Waals surface area (Å²) in [6, 6.07) is 7.04. The van der Waals surface area contributed by atoms with Gasteiger partial charge in [0.1, 0.15) is 0 Å². The van der Waals surface area contributed by atoms with Crippen LogP contribution < -0.4 is 0 Å². The lowest BCUT2D eigenvalue weighted by Gasteiger charge is -2.18. The van der Waals surface area contributed by atoms with E-state index in [1.54, 1.807) is 29.2 Å². The molecule has 0 saturated carbocycles. The Hall–Kier alpha value is -1.02. The van der Waals surface area contributed by atoms with E-state index in [1.165, 1.54) is 0 Å². The van der Waals surface area contributed by atoms with Crippen LogP contribution in [0.15, 0.2) is 24.3 Å². The first-order chi connectivity index (χ1) is 6.69. The average molecular weight is 212 g/mol. The lowest BCUT2D eigenvalue weighted by Crippen LogP contribution is -2.30. The molecule has 1 amide bonds. The molecule has 0 fully saturated rings. The van der Waals surface area contributed by atoms with E-state index in [-0.39, 0.29) is 5.91 Å². The second-order valence-corrected chi connectivity index (χ2v) is 3.42. The molecule has 0 radical (unpaired) electrons. The molecule has 76 valence electrons. The number of rotatable bonds is 3. The first kappa shape index (κ1) is 11.1. The molecule has 0 heterocycles. The van der Waals surface area contributed by atoms with Crippen LogP contribution >= 0.6 is 11.6 Å². The van der Waals surface area contributed by atoms with Crippen LogP contribution in [-0.2, 0) is 0 Å². The van der Waals surface area contributed by atoms with Gasteiger partial charge in [-0.25, -0.2) is 0 Å². The van der Waals surface area contributed by atoms with Crippen molar-refractivity contribution in [1.29, 1.82) is 0 Å². The van der Waals surface area contributed by atoms with Crippen molar-refractivity contribution in [2.24, 2.45) is 0 Å². The normalized spacial score (nSPS) is 9.93. The van der Waals surface area contributed by atoms with Gasteiger partial charge < -0.3 is 4.90 Å². The maximum absolute atomic E-state index is 11.8. The molecule has 0 aliphatic carbocycles. The highest BCUT2D eigenvalue weighted by molar-refractivity contribution is 6.30. The fraction of sp³-hybridized carbons (Fsp3) is 0.364. The minimum Gasteiger partial charge on any atom is -0.339 e. The number of carbonyl (C=O) groups is 1. The summed E-state index contributed by atoms with van der Waals surface area (Å²) in [6.45, 7) is 5.38. The van der Waals surface area contributed by atoms with Crippen LogP contribution in [0.25, 0.3) is 0 Å². The molecule has 0 N–H and O–H groups in total. The Morgan fingerprint density at radius 2 is 2.00 bits per heavy atom. The first-order valence-corrected chi connectivity index (χ1v) is 5.11. The fourth-order valence-corrected chi connectivity index (χ4v) is 1.51. The third-order valence-electron chi connectivity index (χ3n) is 2.12. The van der Waals surface area contributed by atoms with E-state index in [1.807, 2.05) is 13.8 Å². The van der Waals surface area contributed by atoms with Gasteiger partial charge in [0.25, 0.3) is 5.91 Å². The molecule has 2 nitrogen and oxygen atoms in total. The fourth-order valence-electron chi connectivity index (χ4n) is 1.31. The zero-order chi connectivity index (χ0) is 10.6. The van der Waals surface area contributed by atoms with Gasteiger partial charge in [-0.1, -0.05) is 17.7 Å². The summed E-state index contributed by atoms with van der Waals surface area (Å²) in [5.41, 5.74) is 0.654. The van der Waals surface area contributed by atoms with Gasteiger partial charge >= 0.3 is 0 Å². The summed E-state index contributed by atoms with van der Waals surface area (Å²) >= 11 is 5.81. The molecular weight excluding hydrogens is 198 g/mol. The topological polar surface area (TPSA) is 20.3 Å². The van der Waals surface area contributed by atoms with Crippen molar-refractivity contribution in [3.05, 3.63) is 34.9 Å². The van der Waals surface area contributed by atoms with E-state index in [0.717, 1.165) is 13.1 Å². The van der Waals surface area contributed by atoms with Gasteiger partial charge in [0.15, 0.2) is 0 Å². The summed E-state index contributed by atoms with van der Waals surface area (Å²) in [4.78, 5) is 13.6. The molecular formula is C11H14ClNO. The summed E-state index contributed by atoms with van der Waals surface area (Å²) in [7, 11) is 0. The summed E-state index contributed by atoms with van der Waals surface area (Å²) in [6.07, 6.45) is 0. The molecule has 1 rings (SSSR count). The SMILES string of the molecule is CCN(CC)C(=O)c1cccc(Cl)c1. The number of nitrogens with zero attached hydrogens (tertiary/aromatic N) is 1. The van der Waals surface area contributed by atoms with Crippen LogP contribution in [-0.4, -0.2) is 23.9 Å². The molecule has 0 bridgehead atoms. The van der Waals surface area contributed by atoms with E-state index in [9.17, 15) is 4.79 Å². The van der Waals surface area contributed by atoms with Crippen LogP contribution in [0.5, 0.6) is 0 Å². The van der Waals surface area contributed by atoms with E-state index in [0.29, 0.717) is 10.6 Å². The predicted molar refractivity (Wildman–Crippen MR) is 58.7 cm³/mol. The summed E-state index contributed by atoms with van der Waals surface area (Å²) in [5, 5.41) is 0.600. The monoisotopic (exact) mass is 211 g/mol. The Balaban J connectivity index is 2.88. The van der Waals surface area contributed by atoms with Crippen molar-refractivity contribution in [2.45, 2.75) is 13.8 Å². The third kappa shape index (κ3) is 2.48. The maximum Gasteiger partial charge on any atom is 0.253 e. The number of amides is 1. The molecule has 1 aromatic rings. The number of carbonyl (C=O) groups excluding carboxylic acids is 1. The molecule has 0 atom stereocenters. The van der Waals surface area contributed by atoms with E-state index in [2.05, 4.69) is 0 Å². The average Bonchev–Trinajstić information content (AvgIpc) is 2.19. The Labute approximate surface area is 89.5 Å². The summed E-state index contributed by atoms with van der Waals surface area (Å²) in [5.74, 6) is 0.0394. The van der Waals surface area contributed by atoms with Gasteiger partial charge in [-0.2, -0.15) is 0 Å². The molecule has 0 aliphatic heterocycles. The Bertz CT molecular complexity index is 321. The summed E-state index contributed by atoms with van der Waals surface area (Å²) < 4.78 is 0. The van der Waals surface area contributed by atoms with Crippen molar-refractivity contribution >= 4 is 17.5 Å². The highest BCUT2D eigenvalue weighted by Crippen LogP contribution is 2.12. The van der Waals surface area contributed by atoms with E-state index in [4.69, 9.17) is 11.6 Å². The van der Waals surface area contributed by atoms with E-state index >= 15 is 0 Å². The van der Waals surface area contributed by atoms with Crippen molar-refractivity contribution < 1.29 is 4.79 Å². The quantitative estimate of drug-likeness (QED) is 0.753. The molecule has 0 unspecified atom stereocenters. The van der Waals surface area contributed by atoms with Gasteiger partial charge in [-0.3, -0.25) is 4.79 Å². The Morgan fingerprint density at radius 3 is 2.50 bits per heavy atom. The number of hydrogen-bond acceptors (Lipinski definition) is 1. The van der Waals surface area contributed by atoms with Crippen LogP contribution in [0.4, 0.5) is 0 Å². The van der Waals surface area contributed by atoms with Crippen LogP contribution in [0.3, 0.4) is 0 Å². The van der Waals surface area contributed by atoms with Crippen LogP contribution in [0.2, 0.25) is 5.02 Å². The zero-order valence-corrected chi connectivity index (χ0v) is 9.21. The number of halogens is 1. The molecule has 14 heavy (non-hydrogen) atoms. The second-order valence-electron chi connectivity index (χ2n) is 2.99. The molecule has 3 heteroatoms. The molecule has 0 spiro atoms. The maximum atomic E-state index is 11.8. The van der Waals surface area contributed by atoms with Gasteiger partial charge in [0.2, 0.25) is 0 Å². The van der Waals surface area contributed by atoms with E-state index < -0.39 is 0 Å². The van der Waals surface area contributed by atoms with Crippen molar-refractivity contribution in [1.82, 2.24) is 4.90 Å². The highest BCUT2D eigenvalue weighted by atomic mass is 35.5. The van der Waals surface area contributed by atoms with Crippen molar-refractivity contribution in [2.75, 3.05) is 13.1 Å². The first-order valence-electron chi connectivity index (χ1n) is 4.73. The van der Waals surface area contributed by atoms with Gasteiger partial charge in [-0.05, 0) is 32.0 Å². The predicted octanol–water partition coefficient (Wildman–Crippen LogP) is 2.82. The largest absolute Gasteiger partial charge is 0.339 e. The van der Waals surface area contributed by atoms with Crippen LogP contribution in [0.1, 0.15) is 24.2 Å². The van der Waals surface area contributed by atoms with Gasteiger partial charge in [0, 0.05) is 23.7 Å². The number of benzene rings is 1. The number of hydrogen-bond donors (Lipinski definition) is 0. The smallest absolute Gasteiger partial charge is 0.253 e. The van der Waals surface area contributed by atoms with Crippen LogP contribution in [0, 0.1) is 0 Å².